The van der Waals surface area contributed by atoms with E-state index in [2.05, 4.69) is 4.98 Å². The average Bonchev–Trinajstić information content (AvgIpc) is 2.25. The first-order chi connectivity index (χ1) is 7.56. The first kappa shape index (κ1) is 11.1. The molecule has 0 aliphatic carbocycles. The molecule has 80 valence electrons. The van der Waals surface area contributed by atoms with Crippen molar-refractivity contribution < 1.29 is 4.39 Å². The Kier molecular flexibility index (Phi) is 2.71. The number of hydrogen-bond donors (Lipinski definition) is 0. The summed E-state index contributed by atoms with van der Waals surface area (Å²) >= 11 is 11.7. The molecule has 0 aliphatic rings. The molecule has 0 fully saturated rings. The Bertz CT molecular complexity index is 632. The third-order valence-electron chi connectivity index (χ3n) is 2.29. The smallest absolute Gasteiger partial charge is 0.152 e. The van der Waals surface area contributed by atoms with E-state index in [4.69, 9.17) is 28.5 Å². The van der Waals surface area contributed by atoms with Crippen LogP contribution < -0.4 is 0 Å². The van der Waals surface area contributed by atoms with Crippen LogP contribution in [-0.2, 0) is 0 Å². The fraction of sp³-hybridized carbons (Fsp3) is 0.0909. The van der Waals surface area contributed by atoms with Gasteiger partial charge in [-0.05, 0) is 12.5 Å². The number of pyridine rings is 1. The number of nitriles is 1. The molecule has 2 nitrogen and oxygen atoms in total. The van der Waals surface area contributed by atoms with Gasteiger partial charge in [-0.1, -0.05) is 35.3 Å². The molecule has 2 aromatic rings. The number of aryl methyl sites for hydroxylation is 1. The largest absolute Gasteiger partial charge is 0.231 e. The van der Waals surface area contributed by atoms with Crippen molar-refractivity contribution in [3.05, 3.63) is 39.3 Å². The third-order valence-corrected chi connectivity index (χ3v) is 2.96. The Hall–Kier alpha value is -1.37. The molecule has 5 heteroatoms. The minimum absolute atomic E-state index is 0.0686. The Morgan fingerprint density at radius 1 is 1.38 bits per heavy atom. The van der Waals surface area contributed by atoms with Crippen molar-refractivity contribution in [2.24, 2.45) is 0 Å². The molecule has 0 N–H and O–H groups in total. The Morgan fingerprint density at radius 2 is 2.06 bits per heavy atom. The maximum absolute atomic E-state index is 13.7. The first-order valence-electron chi connectivity index (χ1n) is 4.40. The number of rotatable bonds is 0. The molecule has 1 heterocycles. The summed E-state index contributed by atoms with van der Waals surface area (Å²) in [6.45, 7) is 1.62. The van der Waals surface area contributed by atoms with E-state index in [-0.39, 0.29) is 21.3 Å². The third kappa shape index (κ3) is 1.51. The Morgan fingerprint density at radius 3 is 2.69 bits per heavy atom. The minimum Gasteiger partial charge on any atom is -0.231 e. The van der Waals surface area contributed by atoms with Gasteiger partial charge in [0.2, 0.25) is 0 Å². The van der Waals surface area contributed by atoms with Crippen LogP contribution in [0.15, 0.2) is 12.1 Å². The minimum atomic E-state index is -0.467. The molecule has 0 saturated carbocycles. The predicted molar refractivity (Wildman–Crippen MR) is 61.2 cm³/mol. The van der Waals surface area contributed by atoms with Gasteiger partial charge in [-0.2, -0.15) is 5.26 Å². The molecule has 0 aliphatic heterocycles. The lowest BCUT2D eigenvalue weighted by atomic mass is 10.1. The highest BCUT2D eigenvalue weighted by atomic mass is 35.5. The highest BCUT2D eigenvalue weighted by molar-refractivity contribution is 6.39. The highest BCUT2D eigenvalue weighted by Gasteiger charge is 2.15. The summed E-state index contributed by atoms with van der Waals surface area (Å²) < 4.78 is 13.7. The van der Waals surface area contributed by atoms with Gasteiger partial charge < -0.3 is 0 Å². The molecule has 0 atom stereocenters. The maximum atomic E-state index is 13.7. The number of hydrogen-bond acceptors (Lipinski definition) is 2. The van der Waals surface area contributed by atoms with Crippen LogP contribution in [0.1, 0.15) is 11.1 Å². The topological polar surface area (TPSA) is 36.7 Å². The summed E-state index contributed by atoms with van der Waals surface area (Å²) in [7, 11) is 0. The fourth-order valence-corrected chi connectivity index (χ4v) is 1.98. The normalized spacial score (nSPS) is 10.4. The van der Waals surface area contributed by atoms with Gasteiger partial charge in [-0.25, -0.2) is 9.37 Å². The monoisotopic (exact) mass is 254 g/mol. The number of nitrogens with zero attached hydrogens (tertiary/aromatic N) is 2. The van der Waals surface area contributed by atoms with Crippen LogP contribution >= 0.6 is 23.2 Å². The van der Waals surface area contributed by atoms with Gasteiger partial charge in [0.15, 0.2) is 5.82 Å². The highest BCUT2D eigenvalue weighted by Crippen LogP contribution is 2.32. The van der Waals surface area contributed by atoms with Crippen molar-refractivity contribution in [3.8, 4) is 6.07 Å². The van der Waals surface area contributed by atoms with Crippen LogP contribution in [-0.4, -0.2) is 4.98 Å². The van der Waals surface area contributed by atoms with Gasteiger partial charge in [-0.3, -0.25) is 0 Å². The van der Waals surface area contributed by atoms with Crippen molar-refractivity contribution in [1.29, 1.82) is 5.26 Å². The lowest BCUT2D eigenvalue weighted by Gasteiger charge is -2.06. The van der Waals surface area contributed by atoms with Crippen LogP contribution in [0.25, 0.3) is 10.9 Å². The van der Waals surface area contributed by atoms with E-state index >= 15 is 0 Å². The zero-order valence-electron chi connectivity index (χ0n) is 8.18. The molecule has 0 bridgehead atoms. The van der Waals surface area contributed by atoms with Crippen molar-refractivity contribution in [1.82, 2.24) is 4.98 Å². The molecular formula is C11H5Cl2FN2. The molecular weight excluding hydrogens is 250 g/mol. The van der Waals surface area contributed by atoms with Crippen LogP contribution in [0.5, 0.6) is 0 Å². The molecule has 0 saturated heterocycles. The quantitative estimate of drug-likeness (QED) is 0.670. The summed E-state index contributed by atoms with van der Waals surface area (Å²) in [5.74, 6) is -0.467. The zero-order valence-corrected chi connectivity index (χ0v) is 9.69. The predicted octanol–water partition coefficient (Wildman–Crippen LogP) is 3.86. The lowest BCUT2D eigenvalue weighted by Crippen LogP contribution is -1.93. The van der Waals surface area contributed by atoms with Crippen molar-refractivity contribution in [3.63, 3.8) is 0 Å². The molecule has 0 spiro atoms. The van der Waals surface area contributed by atoms with E-state index in [0.717, 1.165) is 0 Å². The van der Waals surface area contributed by atoms with E-state index in [0.29, 0.717) is 10.9 Å². The second kappa shape index (κ2) is 3.89. The lowest BCUT2D eigenvalue weighted by molar-refractivity contribution is 0.627. The van der Waals surface area contributed by atoms with Crippen LogP contribution in [0.4, 0.5) is 4.39 Å². The van der Waals surface area contributed by atoms with E-state index in [1.54, 1.807) is 19.1 Å². The Labute approximate surface area is 101 Å². The molecule has 0 amide bonds. The molecule has 16 heavy (non-hydrogen) atoms. The number of benzene rings is 1. The summed E-state index contributed by atoms with van der Waals surface area (Å²) in [5, 5.41) is 9.28. The van der Waals surface area contributed by atoms with Crippen molar-refractivity contribution in [2.45, 2.75) is 6.92 Å². The zero-order chi connectivity index (χ0) is 11.9. The van der Waals surface area contributed by atoms with Gasteiger partial charge in [0, 0.05) is 5.39 Å². The second-order valence-corrected chi connectivity index (χ2v) is 4.03. The second-order valence-electron chi connectivity index (χ2n) is 3.30. The Balaban J connectivity index is 3.00. The van der Waals surface area contributed by atoms with Crippen LogP contribution in [0, 0.1) is 24.1 Å². The molecule has 2 rings (SSSR count). The van der Waals surface area contributed by atoms with E-state index < -0.39 is 5.82 Å². The molecule has 1 aromatic heterocycles. The van der Waals surface area contributed by atoms with E-state index in [1.807, 2.05) is 6.07 Å². The van der Waals surface area contributed by atoms with Gasteiger partial charge >= 0.3 is 0 Å². The first-order valence-corrected chi connectivity index (χ1v) is 5.15. The van der Waals surface area contributed by atoms with E-state index in [9.17, 15) is 4.39 Å². The van der Waals surface area contributed by atoms with Crippen LogP contribution in [0.2, 0.25) is 10.2 Å². The van der Waals surface area contributed by atoms with Crippen molar-refractivity contribution >= 4 is 34.1 Å². The SMILES string of the molecule is Cc1ccc2c(Cl)c(C#N)c(Cl)nc2c1F. The van der Waals surface area contributed by atoms with Gasteiger partial charge in [0.25, 0.3) is 0 Å². The van der Waals surface area contributed by atoms with Gasteiger partial charge in [0.1, 0.15) is 22.3 Å². The number of fused-ring (bicyclic) bond motifs is 1. The summed E-state index contributed by atoms with van der Waals surface area (Å²) in [5.41, 5.74) is 0.616. The molecule has 0 radical (unpaired) electrons. The molecule has 1 aromatic carbocycles. The van der Waals surface area contributed by atoms with Crippen molar-refractivity contribution in [2.75, 3.05) is 0 Å². The maximum Gasteiger partial charge on any atom is 0.152 e. The summed E-state index contributed by atoms with van der Waals surface area (Å²) in [6, 6.07) is 5.05. The average molecular weight is 255 g/mol. The van der Waals surface area contributed by atoms with E-state index in [1.165, 1.54) is 0 Å². The molecule has 0 unspecified atom stereocenters. The summed E-state index contributed by atoms with van der Waals surface area (Å²) in [4.78, 5) is 3.85. The number of aromatic nitrogens is 1. The number of halogens is 3. The fourth-order valence-electron chi connectivity index (χ4n) is 1.43. The van der Waals surface area contributed by atoms with Gasteiger partial charge in [0.05, 0.1) is 5.02 Å². The standard InChI is InChI=1S/C11H5Cl2FN2/c1-5-2-3-6-8(12)7(4-15)11(13)16-10(6)9(5)14/h2-3H,1H3. The van der Waals surface area contributed by atoms with Gasteiger partial charge in [-0.15, -0.1) is 0 Å². The van der Waals surface area contributed by atoms with Crippen LogP contribution in [0.3, 0.4) is 0 Å². The summed E-state index contributed by atoms with van der Waals surface area (Å²) in [6.07, 6.45) is 0.